The Kier molecular flexibility index (Phi) is 6.12. The highest BCUT2D eigenvalue weighted by Gasteiger charge is 2.19. The number of carbonyl (C=O) groups is 1. The van der Waals surface area contributed by atoms with E-state index in [-0.39, 0.29) is 11.8 Å². The molecule has 2 aromatic carbocycles. The molecule has 1 aliphatic rings. The highest BCUT2D eigenvalue weighted by atomic mass is 19.1. The van der Waals surface area contributed by atoms with Crippen LogP contribution in [0, 0.1) is 5.82 Å². The first-order valence-electron chi connectivity index (χ1n) is 11.7. The number of carbonyl (C=O) groups excluding carboxylic acids is 1. The molecule has 0 saturated carbocycles. The predicted octanol–water partition coefficient (Wildman–Crippen LogP) is 3.48. The predicted molar refractivity (Wildman–Crippen MR) is 131 cm³/mol. The van der Waals surface area contributed by atoms with Crippen LogP contribution in [0.3, 0.4) is 0 Å². The quantitative estimate of drug-likeness (QED) is 0.352. The molecule has 3 heterocycles. The number of hydrogen-bond acceptors (Lipinski definition) is 5. The maximum Gasteiger partial charge on any atom is 0.317 e. The van der Waals surface area contributed by atoms with Crippen molar-refractivity contribution in [1.82, 2.24) is 35.3 Å². The third kappa shape index (κ3) is 4.57. The van der Waals surface area contributed by atoms with Crippen LogP contribution in [-0.2, 0) is 13.0 Å². The number of fused-ring (bicyclic) bond motifs is 1. The first kappa shape index (κ1) is 22.9. The van der Waals surface area contributed by atoms with Crippen molar-refractivity contribution in [2.75, 3.05) is 33.2 Å². The molecule has 4 aromatic rings. The molecule has 4 N–H and O–H groups in total. The number of hydrogen-bond donors (Lipinski definition) is 4. The molecular weight excluding hydrogens is 449 g/mol. The molecule has 0 atom stereocenters. The molecular formula is C25H28FN7O2. The summed E-state index contributed by atoms with van der Waals surface area (Å²) in [5.41, 5.74) is 4.58. The first-order chi connectivity index (χ1) is 16.9. The van der Waals surface area contributed by atoms with Gasteiger partial charge in [0.05, 0.1) is 17.8 Å². The van der Waals surface area contributed by atoms with Gasteiger partial charge in [-0.2, -0.15) is 5.10 Å². The lowest BCUT2D eigenvalue weighted by atomic mass is 9.96. The smallest absolute Gasteiger partial charge is 0.317 e. The van der Waals surface area contributed by atoms with Crippen molar-refractivity contribution in [3.8, 4) is 28.4 Å². The monoisotopic (exact) mass is 477 g/mol. The Hall–Kier alpha value is -3.92. The van der Waals surface area contributed by atoms with Gasteiger partial charge >= 0.3 is 6.03 Å². The molecule has 0 spiro atoms. The number of likely N-dealkylation sites (N-methyl/N-ethyl adjacent to an activating group) is 1. The van der Waals surface area contributed by atoms with Gasteiger partial charge in [-0.1, -0.05) is 13.0 Å². The number of rotatable bonds is 5. The third-order valence-corrected chi connectivity index (χ3v) is 6.49. The number of halogens is 1. The summed E-state index contributed by atoms with van der Waals surface area (Å²) in [5.74, 6) is -0.396. The number of nitrogens with one attached hydrogen (secondary N) is 3. The van der Waals surface area contributed by atoms with Gasteiger partial charge in [0.2, 0.25) is 0 Å². The number of aromatic nitrogens is 4. The maximum atomic E-state index is 14.0. The van der Waals surface area contributed by atoms with Crippen LogP contribution in [0.1, 0.15) is 18.2 Å². The van der Waals surface area contributed by atoms with E-state index in [1.807, 2.05) is 30.0 Å². The highest BCUT2D eigenvalue weighted by Crippen LogP contribution is 2.33. The Balaban J connectivity index is 1.33. The lowest BCUT2D eigenvalue weighted by Crippen LogP contribution is -2.50. The van der Waals surface area contributed by atoms with Crippen molar-refractivity contribution >= 4 is 16.9 Å². The summed E-state index contributed by atoms with van der Waals surface area (Å²) in [6, 6.07) is 8.49. The van der Waals surface area contributed by atoms with Crippen molar-refractivity contribution < 1.29 is 14.3 Å². The molecule has 2 aromatic heterocycles. The summed E-state index contributed by atoms with van der Waals surface area (Å²) in [6.45, 7) is 5.45. The number of amides is 2. The van der Waals surface area contributed by atoms with Gasteiger partial charge in [0.25, 0.3) is 0 Å². The van der Waals surface area contributed by atoms with Crippen molar-refractivity contribution in [2.45, 2.75) is 19.9 Å². The Labute approximate surface area is 202 Å². The average molecular weight is 478 g/mol. The topological polar surface area (TPSA) is 113 Å². The summed E-state index contributed by atoms with van der Waals surface area (Å²) in [4.78, 5) is 24.2. The zero-order chi connectivity index (χ0) is 24.5. The molecule has 2 amide bonds. The number of phenols is 1. The molecule has 0 radical (unpaired) electrons. The van der Waals surface area contributed by atoms with Crippen LogP contribution in [0.5, 0.6) is 5.75 Å². The van der Waals surface area contributed by atoms with Crippen molar-refractivity contribution in [3.05, 3.63) is 53.6 Å². The summed E-state index contributed by atoms with van der Waals surface area (Å²) >= 11 is 0. The highest BCUT2D eigenvalue weighted by molar-refractivity contribution is 5.94. The molecule has 182 valence electrons. The van der Waals surface area contributed by atoms with Gasteiger partial charge in [0, 0.05) is 37.8 Å². The molecule has 9 nitrogen and oxygen atoms in total. The molecule has 10 heteroatoms. The van der Waals surface area contributed by atoms with Crippen LogP contribution in [0.15, 0.2) is 36.5 Å². The second kappa shape index (κ2) is 9.38. The zero-order valence-electron chi connectivity index (χ0n) is 19.7. The molecule has 35 heavy (non-hydrogen) atoms. The number of urea groups is 1. The number of piperazine rings is 1. The SMILES string of the molecule is CCc1cc(O)c(F)cc1-c1ccc2c(-c3nc(CNC(=O)N4CCN(C)CC4)c[nH]3)n[nH]c2c1. The Morgan fingerprint density at radius 3 is 2.77 bits per heavy atom. The van der Waals surface area contributed by atoms with Crippen LogP contribution >= 0.6 is 0 Å². The molecule has 1 saturated heterocycles. The van der Waals surface area contributed by atoms with E-state index < -0.39 is 5.82 Å². The number of aryl methyl sites for hydroxylation is 1. The van der Waals surface area contributed by atoms with Gasteiger partial charge in [-0.3, -0.25) is 5.10 Å². The fourth-order valence-corrected chi connectivity index (χ4v) is 4.39. The number of aromatic hydroxyl groups is 1. The second-order valence-corrected chi connectivity index (χ2v) is 8.84. The molecule has 0 bridgehead atoms. The van der Waals surface area contributed by atoms with E-state index in [0.717, 1.165) is 40.7 Å². The Morgan fingerprint density at radius 1 is 1.20 bits per heavy atom. The fourth-order valence-electron chi connectivity index (χ4n) is 4.39. The van der Waals surface area contributed by atoms with Crippen LogP contribution in [0.4, 0.5) is 9.18 Å². The molecule has 0 aliphatic carbocycles. The van der Waals surface area contributed by atoms with E-state index >= 15 is 0 Å². The van der Waals surface area contributed by atoms with E-state index in [1.165, 1.54) is 12.1 Å². The Bertz CT molecular complexity index is 1370. The minimum atomic E-state index is -0.648. The van der Waals surface area contributed by atoms with Crippen molar-refractivity contribution in [3.63, 3.8) is 0 Å². The van der Waals surface area contributed by atoms with Crippen LogP contribution in [0.2, 0.25) is 0 Å². The lowest BCUT2D eigenvalue weighted by Gasteiger charge is -2.32. The number of phenolic OH excluding ortho intramolecular Hbond substituents is 1. The number of H-pyrrole nitrogens is 2. The van der Waals surface area contributed by atoms with Gasteiger partial charge in [-0.15, -0.1) is 0 Å². The summed E-state index contributed by atoms with van der Waals surface area (Å²) in [7, 11) is 2.05. The Morgan fingerprint density at radius 2 is 2.00 bits per heavy atom. The van der Waals surface area contributed by atoms with Crippen LogP contribution in [0.25, 0.3) is 33.5 Å². The number of benzene rings is 2. The van der Waals surface area contributed by atoms with Crippen LogP contribution < -0.4 is 5.32 Å². The molecule has 5 rings (SSSR count). The minimum Gasteiger partial charge on any atom is -0.505 e. The number of aromatic amines is 2. The fraction of sp³-hybridized carbons (Fsp3) is 0.320. The number of imidazole rings is 1. The normalized spacial score (nSPS) is 14.5. The largest absolute Gasteiger partial charge is 0.505 e. The van der Waals surface area contributed by atoms with E-state index in [1.54, 1.807) is 6.20 Å². The van der Waals surface area contributed by atoms with Crippen molar-refractivity contribution in [2.24, 2.45) is 0 Å². The minimum absolute atomic E-state index is 0.0856. The summed E-state index contributed by atoms with van der Waals surface area (Å²) in [6.07, 6.45) is 2.43. The molecule has 1 fully saturated rings. The lowest BCUT2D eigenvalue weighted by molar-refractivity contribution is 0.154. The standard InChI is InChI=1S/C25H28FN7O2/c1-3-15-11-22(34)20(26)12-19(15)16-4-5-18-21(10-16)30-31-23(18)24-27-13-17(29-24)14-28-25(35)33-8-6-32(2)7-9-33/h4-5,10-13,34H,3,6-9,14H2,1-2H3,(H,27,29)(H,28,35)(H,30,31). The van der Waals surface area contributed by atoms with Gasteiger partial charge in [0.15, 0.2) is 17.4 Å². The van der Waals surface area contributed by atoms with Gasteiger partial charge in [-0.05, 0) is 54.4 Å². The average Bonchev–Trinajstić information content (AvgIpc) is 3.50. The number of nitrogens with zero attached hydrogens (tertiary/aromatic N) is 4. The summed E-state index contributed by atoms with van der Waals surface area (Å²) in [5, 5.41) is 21.0. The van der Waals surface area contributed by atoms with E-state index in [9.17, 15) is 14.3 Å². The van der Waals surface area contributed by atoms with Crippen molar-refractivity contribution in [1.29, 1.82) is 0 Å². The maximum absolute atomic E-state index is 14.0. The second-order valence-electron chi connectivity index (χ2n) is 8.84. The van der Waals surface area contributed by atoms with Crippen LogP contribution in [-0.4, -0.2) is 74.3 Å². The van der Waals surface area contributed by atoms with Gasteiger partial charge < -0.3 is 25.2 Å². The molecule has 0 unspecified atom stereocenters. The van der Waals surface area contributed by atoms with E-state index in [2.05, 4.69) is 37.4 Å². The first-order valence-corrected chi connectivity index (χ1v) is 11.7. The van der Waals surface area contributed by atoms with Gasteiger partial charge in [-0.25, -0.2) is 14.2 Å². The zero-order valence-corrected chi connectivity index (χ0v) is 19.7. The van der Waals surface area contributed by atoms with E-state index in [0.29, 0.717) is 43.3 Å². The van der Waals surface area contributed by atoms with Gasteiger partial charge in [0.1, 0.15) is 5.69 Å². The summed E-state index contributed by atoms with van der Waals surface area (Å²) < 4.78 is 14.0. The van der Waals surface area contributed by atoms with E-state index in [4.69, 9.17) is 0 Å². The molecule has 1 aliphatic heterocycles. The third-order valence-electron chi connectivity index (χ3n) is 6.49.